The normalized spacial score (nSPS) is 16.4. The highest BCUT2D eigenvalue weighted by Crippen LogP contribution is 2.38. The average molecular weight is 413 g/mol. The first kappa shape index (κ1) is 19.9. The van der Waals surface area contributed by atoms with E-state index in [2.05, 4.69) is 20.5 Å². The van der Waals surface area contributed by atoms with Gasteiger partial charge < -0.3 is 19.4 Å². The van der Waals surface area contributed by atoms with Crippen molar-refractivity contribution in [1.82, 2.24) is 0 Å². The summed E-state index contributed by atoms with van der Waals surface area (Å²) in [4.78, 5) is 12.5. The van der Waals surface area contributed by atoms with Crippen LogP contribution in [0.4, 0.5) is 16.2 Å². The van der Waals surface area contributed by atoms with E-state index in [9.17, 15) is 14.1 Å². The van der Waals surface area contributed by atoms with Crippen LogP contribution in [0.3, 0.4) is 0 Å². The number of aliphatic hydroxyl groups is 1. The Balaban J connectivity index is 1.52. The van der Waals surface area contributed by atoms with Crippen LogP contribution in [0, 0.1) is 0 Å². The van der Waals surface area contributed by atoms with Crippen molar-refractivity contribution in [3.8, 4) is 0 Å². The number of nitrogens with zero attached hydrogens (tertiary/aromatic N) is 1. The number of fused-ring (bicyclic) bond motifs is 2. The summed E-state index contributed by atoms with van der Waals surface area (Å²) >= 11 is 0. The number of rotatable bonds is 4. The number of urea groups is 1. The Morgan fingerprint density at radius 1 is 1.07 bits per heavy atom. The number of nitrogens with one attached hydrogen (secondary N) is 2. The predicted molar refractivity (Wildman–Crippen MR) is 115 cm³/mol. The van der Waals surface area contributed by atoms with Crippen LogP contribution in [-0.4, -0.2) is 11.1 Å². The van der Waals surface area contributed by atoms with Crippen LogP contribution in [-0.2, 0) is 46.3 Å². The van der Waals surface area contributed by atoms with Gasteiger partial charge in [0.05, 0.1) is 5.60 Å². The average Bonchev–Trinajstić information content (AvgIpc) is 3.29. The van der Waals surface area contributed by atoms with E-state index in [4.69, 9.17) is 0 Å². The van der Waals surface area contributed by atoms with Crippen molar-refractivity contribution in [3.05, 3.63) is 58.1 Å². The molecule has 3 N–H and O–H groups in total. The molecule has 0 aliphatic heterocycles. The molecule has 0 bridgehead atoms. The highest BCUT2D eigenvalue weighted by Gasteiger charge is 2.24. The number of benzene rings is 2. The minimum atomic E-state index is -1.93. The third-order valence-corrected chi connectivity index (χ3v) is 6.39. The third-order valence-electron chi connectivity index (χ3n) is 5.64. The number of carbonyl (C=O) groups excluding carboxylic acids is 1. The van der Waals surface area contributed by atoms with Crippen molar-refractivity contribution >= 4 is 28.2 Å². The molecule has 0 radical (unpaired) electrons. The van der Waals surface area contributed by atoms with E-state index < -0.39 is 22.4 Å². The fourth-order valence-corrected chi connectivity index (χ4v) is 4.83. The molecule has 0 atom stereocenters. The SMILES string of the molecule is CC(C)(O)c1cccc(N[S-](=O)=NC(=O)Nc2c3c(cc4c2CCC4)CCC3)c1. The molecule has 29 heavy (non-hydrogen) atoms. The molecule has 0 aromatic heterocycles. The van der Waals surface area contributed by atoms with Crippen LogP contribution >= 0.6 is 0 Å². The number of hydrogen-bond donors (Lipinski definition) is 3. The third kappa shape index (κ3) is 4.31. The monoisotopic (exact) mass is 412 g/mol. The first-order valence-electron chi connectivity index (χ1n) is 10.0. The fourth-order valence-electron chi connectivity index (χ4n) is 4.26. The molecule has 154 valence electrons. The lowest BCUT2D eigenvalue weighted by atomic mass is 9.98. The second kappa shape index (κ2) is 7.80. The van der Waals surface area contributed by atoms with Gasteiger partial charge >= 0.3 is 6.03 Å². The Bertz CT molecular complexity index is 1020. The molecule has 2 aromatic rings. The van der Waals surface area contributed by atoms with Gasteiger partial charge in [-0.25, -0.2) is 4.79 Å². The molecule has 0 heterocycles. The van der Waals surface area contributed by atoms with Gasteiger partial charge in [0.1, 0.15) is 0 Å². The van der Waals surface area contributed by atoms with Gasteiger partial charge in [-0.3, -0.25) is 4.36 Å². The van der Waals surface area contributed by atoms with Gasteiger partial charge in [-0.1, -0.05) is 29.0 Å². The van der Waals surface area contributed by atoms with E-state index in [1.807, 2.05) is 0 Å². The summed E-state index contributed by atoms with van der Waals surface area (Å²) < 4.78 is 18.8. The van der Waals surface area contributed by atoms with Crippen LogP contribution in [0.2, 0.25) is 0 Å². The Morgan fingerprint density at radius 3 is 2.34 bits per heavy atom. The lowest BCUT2D eigenvalue weighted by molar-refractivity contribution is 0.0786. The van der Waals surface area contributed by atoms with E-state index in [-0.39, 0.29) is 0 Å². The van der Waals surface area contributed by atoms with E-state index in [0.29, 0.717) is 11.3 Å². The van der Waals surface area contributed by atoms with Crippen LogP contribution < -0.4 is 10.0 Å². The molecule has 2 aliphatic rings. The van der Waals surface area contributed by atoms with Crippen molar-refractivity contribution < 1.29 is 14.1 Å². The molecule has 6 nitrogen and oxygen atoms in total. The molecule has 2 amide bonds. The van der Waals surface area contributed by atoms with Crippen molar-refractivity contribution in [1.29, 1.82) is 0 Å². The summed E-state index contributed by atoms with van der Waals surface area (Å²) in [6, 6.07) is 8.65. The molecule has 0 saturated heterocycles. The molecular formula is C22H26N3O3S-. The van der Waals surface area contributed by atoms with Crippen molar-refractivity contribution in [2.24, 2.45) is 4.36 Å². The minimum Gasteiger partial charge on any atom is -0.435 e. The fraction of sp³-hybridized carbons (Fsp3) is 0.409. The summed E-state index contributed by atoms with van der Waals surface area (Å²) in [7, 11) is -1.93. The molecule has 0 fully saturated rings. The summed E-state index contributed by atoms with van der Waals surface area (Å²) in [5.41, 5.74) is 6.16. The lowest BCUT2D eigenvalue weighted by Gasteiger charge is -2.19. The zero-order valence-corrected chi connectivity index (χ0v) is 17.6. The highest BCUT2D eigenvalue weighted by molar-refractivity contribution is 7.76. The topological polar surface area (TPSA) is 90.8 Å². The Hall–Kier alpha value is -2.38. The Morgan fingerprint density at radius 2 is 1.72 bits per heavy atom. The Kier molecular flexibility index (Phi) is 5.36. The summed E-state index contributed by atoms with van der Waals surface area (Å²) in [5.74, 6) is 0. The first-order valence-corrected chi connectivity index (χ1v) is 11.1. The smallest absolute Gasteiger partial charge is 0.323 e. The predicted octanol–water partition coefficient (Wildman–Crippen LogP) is 4.60. The van der Waals surface area contributed by atoms with Gasteiger partial charge in [0.15, 0.2) is 0 Å². The standard InChI is InChI=1S/C22H26N3O3S/c1-22(2,27)16-8-5-9-17(13-16)24-29(28)25-21(26)23-20-18-10-3-6-14(18)12-15-7-4-11-19(15)20/h5,8-9,12-13,27H,3-4,6-7,10-11H2,1-2H3,(H2,23,24,25,26,28)/q-1. The molecule has 7 heteroatoms. The minimum absolute atomic E-state index is 0.529. The number of carbonyl (C=O) groups is 1. The first-order chi connectivity index (χ1) is 13.8. The molecule has 0 spiro atoms. The summed E-state index contributed by atoms with van der Waals surface area (Å²) in [5, 5.41) is 13.0. The van der Waals surface area contributed by atoms with Gasteiger partial charge in [-0.15, -0.1) is 0 Å². The molecule has 0 saturated carbocycles. The van der Waals surface area contributed by atoms with E-state index in [0.717, 1.165) is 44.2 Å². The van der Waals surface area contributed by atoms with Crippen LogP contribution in [0.1, 0.15) is 54.5 Å². The summed E-state index contributed by atoms with van der Waals surface area (Å²) in [6.07, 6.45) is 6.22. The van der Waals surface area contributed by atoms with Crippen LogP contribution in [0.25, 0.3) is 0 Å². The van der Waals surface area contributed by atoms with Gasteiger partial charge in [0, 0.05) is 11.4 Å². The maximum atomic E-state index is 12.5. The van der Waals surface area contributed by atoms with Crippen molar-refractivity contribution in [2.75, 3.05) is 10.0 Å². The molecule has 2 aromatic carbocycles. The van der Waals surface area contributed by atoms with Gasteiger partial charge in [0.25, 0.3) is 0 Å². The summed E-state index contributed by atoms with van der Waals surface area (Å²) in [6.45, 7) is 3.36. The zero-order chi connectivity index (χ0) is 20.6. The molecule has 2 aliphatic carbocycles. The van der Waals surface area contributed by atoms with E-state index in [1.54, 1.807) is 38.1 Å². The maximum absolute atomic E-state index is 12.5. The highest BCUT2D eigenvalue weighted by atomic mass is 32.2. The maximum Gasteiger partial charge on any atom is 0.323 e. The number of amides is 2. The number of aryl methyl sites for hydroxylation is 2. The van der Waals surface area contributed by atoms with E-state index in [1.165, 1.54) is 22.3 Å². The van der Waals surface area contributed by atoms with Crippen LogP contribution in [0.15, 0.2) is 34.7 Å². The quantitative estimate of drug-likeness (QED) is 0.641. The van der Waals surface area contributed by atoms with Crippen molar-refractivity contribution in [3.63, 3.8) is 0 Å². The Labute approximate surface area is 173 Å². The largest absolute Gasteiger partial charge is 0.435 e. The van der Waals surface area contributed by atoms with Gasteiger partial charge in [0.2, 0.25) is 0 Å². The number of anilines is 2. The lowest BCUT2D eigenvalue weighted by Crippen LogP contribution is -2.15. The van der Waals surface area contributed by atoms with Crippen molar-refractivity contribution in [2.45, 2.75) is 58.0 Å². The molecule has 0 unspecified atom stereocenters. The van der Waals surface area contributed by atoms with Crippen LogP contribution in [0.5, 0.6) is 0 Å². The molecular weight excluding hydrogens is 386 g/mol. The van der Waals surface area contributed by atoms with Gasteiger partial charge in [-0.05, 0) is 92.3 Å². The second-order valence-electron chi connectivity index (χ2n) is 8.25. The zero-order valence-electron chi connectivity index (χ0n) is 16.7. The second-order valence-corrected chi connectivity index (χ2v) is 9.13. The molecule has 4 rings (SSSR count). The number of hydrogen-bond acceptors (Lipinski definition) is 4. The van der Waals surface area contributed by atoms with Gasteiger partial charge in [-0.2, -0.15) is 0 Å². The van der Waals surface area contributed by atoms with E-state index >= 15 is 0 Å².